The average molecular weight is 1290 g/mol. The van der Waals surface area contributed by atoms with Crippen molar-refractivity contribution in [2.75, 3.05) is 19.6 Å². The van der Waals surface area contributed by atoms with Crippen LogP contribution in [0.25, 0.3) is 55.0 Å². The molecule has 11 aromatic carbocycles. The van der Waals surface area contributed by atoms with Crippen LogP contribution in [0.2, 0.25) is 0 Å². The molecule has 0 amide bonds. The van der Waals surface area contributed by atoms with Gasteiger partial charge in [0.2, 0.25) is 0 Å². The maximum absolute atomic E-state index is 2.76. The van der Waals surface area contributed by atoms with E-state index in [4.69, 9.17) is 0 Å². The van der Waals surface area contributed by atoms with Crippen LogP contribution in [0, 0.1) is 0 Å². The molecule has 95 heavy (non-hydrogen) atoms. The molecule has 0 radical (unpaired) electrons. The van der Waals surface area contributed by atoms with Crippen LogP contribution in [-0.4, -0.2) is 37.1 Å². The fraction of sp³-hybridized carbons (Fsp3) is 0.186. The number of nitrogens with zero attached hydrogens (tertiary/aromatic N) is 6. The molecule has 6 nitrogen and oxygen atoms in total. The van der Waals surface area contributed by atoms with Crippen LogP contribution in [-0.2, 0) is 21.7 Å². The van der Waals surface area contributed by atoms with Crippen molar-refractivity contribution in [3.05, 3.63) is 253 Å². The number of aromatic nitrogens is 2. The quantitative estimate of drug-likeness (QED) is 0.164. The monoisotopic (exact) mass is 1290 g/mol. The van der Waals surface area contributed by atoms with Gasteiger partial charge in [0.15, 0.2) is 0 Å². The van der Waals surface area contributed by atoms with Crippen LogP contribution < -0.4 is 50.1 Å². The SMILES string of the molecule is CC(C)(C)c1cc(N2c3ccccc3B3c4[se]c5c6c4N(c4ccccc4N6c4cc(-n6c7ccccc7c7ccccc76)cc6c4B5c4ccccc4N6c4cc(C(C)(C)C)cc(C(C)(C)C)c4)c4cc(-n5c6ccccc6c6ccccc65)cc2c43)cc(C(C)(C)C)c1. The van der Waals surface area contributed by atoms with E-state index < -0.39 is 0 Å². The number of hydrogen-bond acceptors (Lipinski definition) is 4. The van der Waals surface area contributed by atoms with Gasteiger partial charge in [0.25, 0.3) is 0 Å². The van der Waals surface area contributed by atoms with E-state index in [0.717, 1.165) is 11.4 Å². The van der Waals surface area contributed by atoms with Gasteiger partial charge in [0, 0.05) is 0 Å². The molecule has 3 aromatic heterocycles. The van der Waals surface area contributed by atoms with E-state index >= 15 is 0 Å². The van der Waals surface area contributed by atoms with Crippen LogP contribution in [0.3, 0.4) is 0 Å². The van der Waals surface area contributed by atoms with Gasteiger partial charge in [-0.3, -0.25) is 0 Å². The Morgan fingerprint density at radius 1 is 0.263 bits per heavy atom. The first-order chi connectivity index (χ1) is 45.7. The number of rotatable bonds is 4. The average Bonchev–Trinajstić information content (AvgIpc) is 1.60. The van der Waals surface area contributed by atoms with Gasteiger partial charge in [-0.05, 0) is 0 Å². The van der Waals surface area contributed by atoms with Gasteiger partial charge < -0.3 is 0 Å². The Morgan fingerprint density at radius 3 is 0.853 bits per heavy atom. The van der Waals surface area contributed by atoms with Crippen molar-refractivity contribution in [3.63, 3.8) is 0 Å². The Morgan fingerprint density at radius 2 is 0.537 bits per heavy atom. The fourth-order valence-corrected chi connectivity index (χ4v) is 20.0. The molecule has 0 saturated heterocycles. The van der Waals surface area contributed by atoms with E-state index in [-0.39, 0.29) is 49.6 Å². The number of hydrogen-bond donors (Lipinski definition) is 0. The van der Waals surface area contributed by atoms with Crippen LogP contribution in [0.1, 0.15) is 105 Å². The third-order valence-corrected chi connectivity index (χ3v) is 24.2. The Hall–Kier alpha value is -9.65. The molecule has 460 valence electrons. The molecule has 0 bridgehead atoms. The summed E-state index contributed by atoms with van der Waals surface area (Å²) < 4.78 is 8.15. The van der Waals surface area contributed by atoms with Crippen LogP contribution in [0.4, 0.5) is 68.2 Å². The number of fused-ring (bicyclic) bond motifs is 17. The van der Waals surface area contributed by atoms with Gasteiger partial charge in [0.05, 0.1) is 0 Å². The van der Waals surface area contributed by atoms with Crippen molar-refractivity contribution in [3.8, 4) is 11.4 Å². The summed E-state index contributed by atoms with van der Waals surface area (Å²) in [6.45, 7) is 28.4. The molecule has 5 aliphatic rings. The van der Waals surface area contributed by atoms with E-state index in [1.807, 2.05) is 0 Å². The third-order valence-electron chi connectivity index (χ3n) is 21.5. The first-order valence-electron chi connectivity index (χ1n) is 34.0. The van der Waals surface area contributed by atoms with Crippen LogP contribution in [0.5, 0.6) is 0 Å². The molecule has 14 aromatic rings. The molecule has 0 unspecified atom stereocenters. The van der Waals surface area contributed by atoms with Gasteiger partial charge >= 0.3 is 568 Å². The van der Waals surface area contributed by atoms with E-state index in [0.29, 0.717) is 0 Å². The van der Waals surface area contributed by atoms with Crippen molar-refractivity contribution in [2.45, 2.75) is 105 Å². The van der Waals surface area contributed by atoms with Crippen LogP contribution in [0.15, 0.2) is 231 Å². The first kappa shape index (κ1) is 56.9. The zero-order valence-corrected chi connectivity index (χ0v) is 57.9. The van der Waals surface area contributed by atoms with E-state index in [1.54, 1.807) is 0 Å². The number of para-hydroxylation sites is 8. The Balaban J connectivity index is 0.946. The van der Waals surface area contributed by atoms with Crippen molar-refractivity contribution < 1.29 is 0 Å². The van der Waals surface area contributed by atoms with Gasteiger partial charge in [0.1, 0.15) is 0 Å². The Kier molecular flexibility index (Phi) is 11.7. The van der Waals surface area contributed by atoms with E-state index in [9.17, 15) is 0 Å². The zero-order valence-electron chi connectivity index (χ0n) is 56.2. The predicted octanol–water partition coefficient (Wildman–Crippen LogP) is 18.6. The third kappa shape index (κ3) is 8.00. The fourth-order valence-electron chi connectivity index (χ4n) is 16.8. The summed E-state index contributed by atoms with van der Waals surface area (Å²) in [5.41, 5.74) is 32.3. The minimum absolute atomic E-state index is 0.0291. The molecule has 0 fully saturated rings. The molecule has 8 heterocycles. The van der Waals surface area contributed by atoms with Crippen LogP contribution >= 0.6 is 0 Å². The topological polar surface area (TPSA) is 22.8 Å². The molecule has 5 aliphatic heterocycles. The minimum atomic E-state index is -0.124. The van der Waals surface area contributed by atoms with Crippen molar-refractivity contribution in [1.82, 2.24) is 9.13 Å². The van der Waals surface area contributed by atoms with Crippen molar-refractivity contribution in [1.29, 1.82) is 0 Å². The second-order valence-electron chi connectivity index (χ2n) is 31.4. The van der Waals surface area contributed by atoms with Crippen molar-refractivity contribution in [2.24, 2.45) is 0 Å². The molecular formula is C86H74B2N6Se. The zero-order chi connectivity index (χ0) is 64.7. The molecular weight excluding hydrogens is 1220 g/mol. The van der Waals surface area contributed by atoms with E-state index in [2.05, 4.69) is 342 Å². The second-order valence-corrected chi connectivity index (χ2v) is 33.7. The van der Waals surface area contributed by atoms with Gasteiger partial charge in [-0.2, -0.15) is 0 Å². The molecule has 0 saturated carbocycles. The summed E-state index contributed by atoms with van der Waals surface area (Å²) in [5, 5.41) is 5.01. The summed E-state index contributed by atoms with van der Waals surface area (Å²) in [6.07, 6.45) is 0. The van der Waals surface area contributed by atoms with Gasteiger partial charge in [-0.1, -0.05) is 0 Å². The maximum atomic E-state index is 2.76. The Bertz CT molecular complexity index is 5160. The standard InChI is InChI=1S/C86H74B2N6Se/c1-83(2,3)51-41-52(84(4,5)6)44-55(43-51)91-69-37-23-17-31-63(69)87-77-73(91)47-57(89-65-33-19-13-27-59(65)60-28-14-20-34-66(60)89)49-75(77)93-71-39-25-26-40-72(71)94-76-50-58(90-67-35-21-15-29-61(67)62-30-16-22-36-68(62)90)48-74-78(76)88(82-80(94)79(93)81(87)95-82)64-32-18-24-38-70(64)92(74)56-45-53(85(7,8)9)42-54(46-56)86(10,11)12/h13-50H,1-12H3. The Labute approximate surface area is 564 Å². The van der Waals surface area contributed by atoms with Gasteiger partial charge in [-0.15, -0.1) is 0 Å². The summed E-state index contributed by atoms with van der Waals surface area (Å²) in [6, 6.07) is 89.7. The molecule has 19 rings (SSSR count). The summed E-state index contributed by atoms with van der Waals surface area (Å²) >= 11 is -0.124. The first-order valence-corrected chi connectivity index (χ1v) is 35.7. The van der Waals surface area contributed by atoms with Gasteiger partial charge in [-0.25, -0.2) is 0 Å². The normalized spacial score (nSPS) is 14.4. The molecule has 0 aliphatic carbocycles. The molecule has 9 heteroatoms. The van der Waals surface area contributed by atoms with E-state index in [1.165, 1.54) is 165 Å². The summed E-state index contributed by atoms with van der Waals surface area (Å²) in [7, 11) is 0. The molecule has 0 atom stereocenters. The summed E-state index contributed by atoms with van der Waals surface area (Å²) in [5.74, 6) is 0. The summed E-state index contributed by atoms with van der Waals surface area (Å²) in [4.78, 5) is 10.8. The second kappa shape index (κ2) is 19.5. The predicted molar refractivity (Wildman–Crippen MR) is 408 cm³/mol. The number of anilines is 12. The molecule has 0 N–H and O–H groups in total. The number of benzene rings is 11. The van der Waals surface area contributed by atoms with Crippen molar-refractivity contribution >= 4 is 170 Å². The molecule has 0 spiro atoms.